The van der Waals surface area contributed by atoms with Crippen molar-refractivity contribution in [2.24, 2.45) is 0 Å². The van der Waals surface area contributed by atoms with Crippen molar-refractivity contribution in [1.29, 1.82) is 0 Å². The summed E-state index contributed by atoms with van der Waals surface area (Å²) in [5, 5.41) is 12.0. The van der Waals surface area contributed by atoms with Crippen LogP contribution in [0, 0.1) is 6.92 Å². The largest absolute Gasteiger partial charge is 0.394 e. The Morgan fingerprint density at radius 3 is 2.87 bits per heavy atom. The molecule has 1 aliphatic heterocycles. The van der Waals surface area contributed by atoms with Gasteiger partial charge in [-0.25, -0.2) is 4.98 Å². The van der Waals surface area contributed by atoms with E-state index in [2.05, 4.69) is 10.3 Å². The van der Waals surface area contributed by atoms with Gasteiger partial charge in [-0.1, -0.05) is 37.0 Å². The Hall–Kier alpha value is -2.27. The molecule has 8 nitrogen and oxygen atoms in total. The van der Waals surface area contributed by atoms with E-state index in [4.69, 9.17) is 22.1 Å². The van der Waals surface area contributed by atoms with E-state index in [9.17, 15) is 9.59 Å². The number of hydrogen-bond acceptors (Lipinski definition) is 8. The first-order chi connectivity index (χ1) is 14.9. The lowest BCUT2D eigenvalue weighted by molar-refractivity contribution is -0.123. The zero-order valence-electron chi connectivity index (χ0n) is 17.8. The number of anilines is 1. The average Bonchev–Trinajstić information content (AvgIpc) is 3.03. The molecule has 0 aromatic carbocycles. The van der Waals surface area contributed by atoms with Gasteiger partial charge >= 0.3 is 0 Å². The van der Waals surface area contributed by atoms with Crippen molar-refractivity contribution < 1.29 is 14.6 Å². The van der Waals surface area contributed by atoms with E-state index < -0.39 is 0 Å². The van der Waals surface area contributed by atoms with Crippen molar-refractivity contribution in [3.63, 3.8) is 0 Å². The molecule has 31 heavy (non-hydrogen) atoms. The summed E-state index contributed by atoms with van der Waals surface area (Å²) in [7, 11) is 0. The van der Waals surface area contributed by atoms with Crippen LogP contribution in [0.5, 0.6) is 0 Å². The molecule has 0 saturated carbocycles. The second-order valence-corrected chi connectivity index (χ2v) is 8.81. The van der Waals surface area contributed by atoms with Crippen molar-refractivity contribution in [3.8, 4) is 0 Å². The first-order valence-electron chi connectivity index (χ1n) is 10.1. The quantitative estimate of drug-likeness (QED) is 0.333. The monoisotopic (exact) mass is 462 g/mol. The number of hydrogen-bond donors (Lipinski definition) is 2. The maximum atomic E-state index is 13.3. The number of pyridine rings is 1. The highest BCUT2D eigenvalue weighted by Gasteiger charge is 2.35. The minimum absolute atomic E-state index is 0.0156. The van der Waals surface area contributed by atoms with Crippen LogP contribution in [-0.4, -0.2) is 62.0 Å². The normalized spacial score (nSPS) is 16.5. The number of aromatic nitrogens is 2. The van der Waals surface area contributed by atoms with Crippen LogP contribution in [0.4, 0.5) is 5.82 Å². The van der Waals surface area contributed by atoms with E-state index in [1.807, 2.05) is 26.8 Å². The van der Waals surface area contributed by atoms with Crippen LogP contribution in [0.1, 0.15) is 31.4 Å². The van der Waals surface area contributed by atoms with E-state index in [0.717, 1.165) is 12.0 Å². The number of ether oxygens (including phenoxy) is 1. The number of nitrogens with zero attached hydrogens (tertiary/aromatic N) is 3. The average molecular weight is 463 g/mol. The fourth-order valence-corrected chi connectivity index (χ4v) is 4.60. The molecular weight excluding hydrogens is 436 g/mol. The Morgan fingerprint density at radius 1 is 1.39 bits per heavy atom. The van der Waals surface area contributed by atoms with Crippen molar-refractivity contribution in [2.45, 2.75) is 33.2 Å². The van der Waals surface area contributed by atoms with Gasteiger partial charge in [0.1, 0.15) is 15.8 Å². The van der Waals surface area contributed by atoms with Crippen LogP contribution in [0.2, 0.25) is 0 Å². The third-order valence-corrected chi connectivity index (χ3v) is 6.32. The van der Waals surface area contributed by atoms with Gasteiger partial charge in [0.05, 0.1) is 30.3 Å². The lowest BCUT2D eigenvalue weighted by Crippen LogP contribution is -2.36. The highest BCUT2D eigenvalue weighted by atomic mass is 32.2. The van der Waals surface area contributed by atoms with Crippen molar-refractivity contribution in [2.75, 3.05) is 31.7 Å². The number of thioether (sulfide) groups is 1. The molecule has 1 saturated heterocycles. The summed E-state index contributed by atoms with van der Waals surface area (Å²) in [5.74, 6) is 0.177. The molecule has 2 N–H and O–H groups in total. The number of aliphatic hydroxyl groups is 1. The number of nitrogens with one attached hydrogen (secondary N) is 1. The molecule has 166 valence electrons. The van der Waals surface area contributed by atoms with Gasteiger partial charge in [0.25, 0.3) is 11.5 Å². The van der Waals surface area contributed by atoms with Crippen LogP contribution in [0.15, 0.2) is 28.0 Å². The van der Waals surface area contributed by atoms with E-state index in [1.165, 1.54) is 16.2 Å². The summed E-state index contributed by atoms with van der Waals surface area (Å²) in [4.78, 5) is 32.9. The summed E-state index contributed by atoms with van der Waals surface area (Å²) >= 11 is 6.59. The van der Waals surface area contributed by atoms with Gasteiger partial charge in [0.15, 0.2) is 0 Å². The van der Waals surface area contributed by atoms with E-state index in [1.54, 1.807) is 23.2 Å². The Kier molecular flexibility index (Phi) is 7.82. The molecule has 3 rings (SSSR count). The topological polar surface area (TPSA) is 96.2 Å². The number of aryl methyl sites for hydroxylation is 1. The van der Waals surface area contributed by atoms with Crippen LogP contribution < -0.4 is 10.9 Å². The van der Waals surface area contributed by atoms with Gasteiger partial charge in [0, 0.05) is 18.8 Å². The minimum atomic E-state index is -0.277. The second-order valence-electron chi connectivity index (χ2n) is 7.14. The summed E-state index contributed by atoms with van der Waals surface area (Å²) in [5.41, 5.74) is 1.40. The summed E-state index contributed by atoms with van der Waals surface area (Å²) in [6, 6.07) is 3.65. The molecule has 2 aromatic heterocycles. The van der Waals surface area contributed by atoms with Crippen LogP contribution in [0.25, 0.3) is 11.7 Å². The molecule has 1 fully saturated rings. The van der Waals surface area contributed by atoms with Gasteiger partial charge in [-0.15, -0.1) is 0 Å². The van der Waals surface area contributed by atoms with E-state index in [0.29, 0.717) is 33.8 Å². The third kappa shape index (κ3) is 4.98. The number of amides is 1. The molecule has 10 heteroatoms. The highest BCUT2D eigenvalue weighted by Crippen LogP contribution is 2.34. The zero-order valence-corrected chi connectivity index (χ0v) is 19.4. The first kappa shape index (κ1) is 23.4. The summed E-state index contributed by atoms with van der Waals surface area (Å²) in [6.45, 7) is 6.73. The number of rotatable bonds is 9. The third-order valence-electron chi connectivity index (χ3n) is 4.99. The van der Waals surface area contributed by atoms with Crippen molar-refractivity contribution in [1.82, 2.24) is 14.3 Å². The van der Waals surface area contributed by atoms with Gasteiger partial charge in [-0.3, -0.25) is 18.9 Å². The maximum Gasteiger partial charge on any atom is 0.267 e. The second kappa shape index (κ2) is 10.4. The number of aliphatic hydroxyl groups excluding tert-OH is 1. The van der Waals surface area contributed by atoms with Crippen LogP contribution in [0.3, 0.4) is 0 Å². The molecule has 3 heterocycles. The Labute approximate surface area is 190 Å². The zero-order chi connectivity index (χ0) is 22.5. The SMILES string of the molecule is CC[C@@H](C)N1C(=O)/C(=C\c2c(NCCOCCO)nc3c(C)cccn3c2=O)SC1=S. The fraction of sp³-hybridized carbons (Fsp3) is 0.429. The van der Waals surface area contributed by atoms with Crippen LogP contribution in [-0.2, 0) is 9.53 Å². The molecule has 1 amide bonds. The van der Waals surface area contributed by atoms with Gasteiger partial charge in [-0.2, -0.15) is 0 Å². The van der Waals surface area contributed by atoms with Crippen LogP contribution >= 0.6 is 24.0 Å². The number of thiocarbonyl (C=S) groups is 1. The molecule has 2 aromatic rings. The predicted octanol–water partition coefficient (Wildman–Crippen LogP) is 2.42. The highest BCUT2D eigenvalue weighted by molar-refractivity contribution is 8.26. The van der Waals surface area contributed by atoms with Gasteiger partial charge < -0.3 is 15.2 Å². The fourth-order valence-electron chi connectivity index (χ4n) is 3.16. The van der Waals surface area contributed by atoms with E-state index in [-0.39, 0.29) is 36.3 Å². The number of carbonyl (C=O) groups is 1. The number of fused-ring (bicyclic) bond motifs is 1. The predicted molar refractivity (Wildman–Crippen MR) is 127 cm³/mol. The smallest absolute Gasteiger partial charge is 0.267 e. The molecule has 0 bridgehead atoms. The lowest BCUT2D eigenvalue weighted by Gasteiger charge is -2.21. The summed E-state index contributed by atoms with van der Waals surface area (Å²) in [6.07, 6.45) is 4.01. The maximum absolute atomic E-state index is 13.3. The summed E-state index contributed by atoms with van der Waals surface area (Å²) < 4.78 is 7.25. The van der Waals surface area contributed by atoms with E-state index >= 15 is 0 Å². The molecular formula is C21H26N4O4S2. The van der Waals surface area contributed by atoms with Gasteiger partial charge in [0.2, 0.25) is 0 Å². The van der Waals surface area contributed by atoms with Crippen molar-refractivity contribution >= 4 is 51.7 Å². The minimum Gasteiger partial charge on any atom is -0.394 e. The standard InChI is InChI=1S/C21H26N4O4S2/c1-4-14(3)25-20(28)16(31-21(25)30)12-15-17(22-7-10-29-11-9-26)23-18-13(2)6-5-8-24(18)19(15)27/h5-6,8,12,14,22,26H,4,7,9-11H2,1-3H3/b16-12+/t14-/m1/s1. The molecule has 0 spiro atoms. The first-order valence-corrected chi connectivity index (χ1v) is 11.3. The molecule has 0 radical (unpaired) electrons. The Bertz CT molecular complexity index is 1080. The Morgan fingerprint density at radius 2 is 2.16 bits per heavy atom. The molecule has 1 atom stereocenters. The lowest BCUT2D eigenvalue weighted by atomic mass is 10.2. The van der Waals surface area contributed by atoms with Gasteiger partial charge in [-0.05, 0) is 38.0 Å². The molecule has 1 aliphatic rings. The molecule has 0 unspecified atom stereocenters. The van der Waals surface area contributed by atoms with Crippen molar-refractivity contribution in [3.05, 3.63) is 44.7 Å². The number of carbonyl (C=O) groups excluding carboxylic acids is 1. The molecule has 0 aliphatic carbocycles. The Balaban J connectivity index is 2.03.